The van der Waals surface area contributed by atoms with Gasteiger partial charge >= 0.3 is 0 Å². The lowest BCUT2D eigenvalue weighted by atomic mass is 10.0. The van der Waals surface area contributed by atoms with E-state index in [2.05, 4.69) is 10.2 Å². The number of hydrogen-bond acceptors (Lipinski definition) is 6. The number of benzene rings is 3. The van der Waals surface area contributed by atoms with Crippen molar-refractivity contribution >= 4 is 46.0 Å². The molecule has 44 heavy (non-hydrogen) atoms. The molecule has 1 N–H and O–H groups in total. The molecule has 0 bridgehead atoms. The van der Waals surface area contributed by atoms with Crippen molar-refractivity contribution in [3.8, 4) is 0 Å². The fourth-order valence-corrected chi connectivity index (χ4v) is 5.76. The van der Waals surface area contributed by atoms with Gasteiger partial charge in [0.05, 0.1) is 10.9 Å². The molecular formula is C34H33ClN4O5. The summed E-state index contributed by atoms with van der Waals surface area (Å²) < 4.78 is 5.73. The number of piperazine rings is 1. The van der Waals surface area contributed by atoms with Gasteiger partial charge in [-0.1, -0.05) is 48.0 Å². The standard InChI is InChI=1S/C34H33ClN4O5/c1-37(24-14-15-24)33(42)25-6-2-4-8-28(25)38-16-18-39(19-17-38)34(43)27(20-22-10-12-23(35)13-11-22)36-32(41)31-21-29(40)26-7-3-5-9-30(26)44-31/h2-13,21,24,27H,14-20H2,1H3,(H,36,41)/t27-/m1/s1. The van der Waals surface area contributed by atoms with Crippen LogP contribution in [0, 0.1) is 0 Å². The van der Waals surface area contributed by atoms with Gasteiger partial charge in [-0.15, -0.1) is 0 Å². The van der Waals surface area contributed by atoms with Crippen LogP contribution in [0.2, 0.25) is 5.02 Å². The Morgan fingerprint density at radius 2 is 1.64 bits per heavy atom. The lowest BCUT2D eigenvalue weighted by Crippen LogP contribution is -2.55. The molecule has 9 nitrogen and oxygen atoms in total. The van der Waals surface area contributed by atoms with Crippen LogP contribution >= 0.6 is 11.6 Å². The third kappa shape index (κ3) is 6.33. The average Bonchev–Trinajstić information content (AvgIpc) is 3.90. The molecule has 226 valence electrons. The van der Waals surface area contributed by atoms with Crippen LogP contribution in [0.25, 0.3) is 11.0 Å². The number of nitrogens with zero attached hydrogens (tertiary/aromatic N) is 3. The van der Waals surface area contributed by atoms with E-state index >= 15 is 0 Å². The van der Waals surface area contributed by atoms with E-state index in [0.29, 0.717) is 53.8 Å². The Labute approximate surface area is 260 Å². The van der Waals surface area contributed by atoms with Crippen LogP contribution in [0.3, 0.4) is 0 Å². The Morgan fingerprint density at radius 3 is 2.36 bits per heavy atom. The summed E-state index contributed by atoms with van der Waals surface area (Å²) in [4.78, 5) is 58.8. The Bertz CT molecular complexity index is 1760. The SMILES string of the molecule is CN(C(=O)c1ccccc1N1CCN(C(=O)[C@@H](Cc2ccc(Cl)cc2)NC(=O)c2cc(=O)c3ccccc3o2)CC1)C1CC1. The molecule has 1 saturated carbocycles. The van der Waals surface area contributed by atoms with Crippen LogP contribution in [0.5, 0.6) is 0 Å². The van der Waals surface area contributed by atoms with Crippen molar-refractivity contribution in [2.75, 3.05) is 38.1 Å². The molecule has 0 radical (unpaired) electrons. The zero-order valence-electron chi connectivity index (χ0n) is 24.4. The van der Waals surface area contributed by atoms with Crippen molar-refractivity contribution in [3.63, 3.8) is 0 Å². The summed E-state index contributed by atoms with van der Waals surface area (Å²) >= 11 is 6.07. The van der Waals surface area contributed by atoms with Gasteiger partial charge in [0.25, 0.3) is 11.8 Å². The first-order valence-electron chi connectivity index (χ1n) is 14.8. The van der Waals surface area contributed by atoms with Crippen LogP contribution in [0.1, 0.15) is 39.3 Å². The number of amides is 3. The summed E-state index contributed by atoms with van der Waals surface area (Å²) in [6.07, 6.45) is 2.29. The number of hydrogen-bond donors (Lipinski definition) is 1. The Kier molecular flexibility index (Phi) is 8.39. The Hall–Kier alpha value is -4.63. The van der Waals surface area contributed by atoms with Crippen LogP contribution < -0.4 is 15.6 Å². The zero-order chi connectivity index (χ0) is 30.8. The van der Waals surface area contributed by atoms with Gasteiger partial charge in [0.2, 0.25) is 5.91 Å². The third-order valence-electron chi connectivity index (χ3n) is 8.30. The van der Waals surface area contributed by atoms with Crippen molar-refractivity contribution in [2.24, 2.45) is 0 Å². The quantitative estimate of drug-likeness (QED) is 0.317. The van der Waals surface area contributed by atoms with Gasteiger partial charge in [-0.05, 0) is 54.8 Å². The van der Waals surface area contributed by atoms with E-state index in [1.807, 2.05) is 48.3 Å². The van der Waals surface area contributed by atoms with E-state index in [1.54, 1.807) is 41.3 Å². The monoisotopic (exact) mass is 612 g/mol. The molecule has 2 heterocycles. The second-order valence-electron chi connectivity index (χ2n) is 11.3. The van der Waals surface area contributed by atoms with Gasteiger partial charge in [0, 0.05) is 62.5 Å². The second-order valence-corrected chi connectivity index (χ2v) is 11.7. The number of para-hydroxylation sites is 2. The lowest BCUT2D eigenvalue weighted by molar-refractivity contribution is -0.133. The van der Waals surface area contributed by atoms with Gasteiger partial charge in [-0.25, -0.2) is 0 Å². The number of carbonyl (C=O) groups excluding carboxylic acids is 3. The summed E-state index contributed by atoms with van der Waals surface area (Å²) in [7, 11) is 1.85. The molecule has 2 aliphatic rings. The van der Waals surface area contributed by atoms with Crippen molar-refractivity contribution in [2.45, 2.75) is 31.3 Å². The van der Waals surface area contributed by atoms with E-state index in [4.69, 9.17) is 16.0 Å². The molecular weight excluding hydrogens is 580 g/mol. The number of halogens is 1. The van der Waals surface area contributed by atoms with Crippen molar-refractivity contribution in [3.05, 3.63) is 111 Å². The maximum atomic E-state index is 13.9. The molecule has 0 spiro atoms. The summed E-state index contributed by atoms with van der Waals surface area (Å²) in [6.45, 7) is 1.89. The molecule has 0 unspecified atom stereocenters. The predicted octanol–water partition coefficient (Wildman–Crippen LogP) is 4.37. The number of rotatable bonds is 8. The average molecular weight is 613 g/mol. The number of carbonyl (C=O) groups is 3. The number of fused-ring (bicyclic) bond motifs is 1. The van der Waals surface area contributed by atoms with Gasteiger partial charge in [-0.3, -0.25) is 19.2 Å². The highest BCUT2D eigenvalue weighted by Gasteiger charge is 2.33. The Morgan fingerprint density at radius 1 is 0.955 bits per heavy atom. The van der Waals surface area contributed by atoms with E-state index in [-0.39, 0.29) is 29.4 Å². The molecule has 1 aromatic heterocycles. The van der Waals surface area contributed by atoms with Crippen molar-refractivity contribution in [1.82, 2.24) is 15.1 Å². The molecule has 2 fully saturated rings. The zero-order valence-corrected chi connectivity index (χ0v) is 25.1. The number of nitrogens with one attached hydrogen (secondary N) is 1. The van der Waals surface area contributed by atoms with Crippen molar-refractivity contribution < 1.29 is 18.8 Å². The highest BCUT2D eigenvalue weighted by Crippen LogP contribution is 2.30. The minimum absolute atomic E-state index is 0.00712. The summed E-state index contributed by atoms with van der Waals surface area (Å²) in [6, 6.07) is 22.0. The van der Waals surface area contributed by atoms with Gasteiger partial charge in [0.1, 0.15) is 11.6 Å². The van der Waals surface area contributed by atoms with E-state index in [1.165, 1.54) is 0 Å². The van der Waals surface area contributed by atoms with Gasteiger partial charge < -0.3 is 24.4 Å². The summed E-state index contributed by atoms with van der Waals surface area (Å²) in [5.41, 5.74) is 2.29. The Balaban J connectivity index is 1.19. The molecule has 10 heteroatoms. The van der Waals surface area contributed by atoms with E-state index < -0.39 is 11.9 Å². The van der Waals surface area contributed by atoms with E-state index in [0.717, 1.165) is 30.2 Å². The fraction of sp³-hybridized carbons (Fsp3) is 0.294. The van der Waals surface area contributed by atoms with Crippen LogP contribution in [0.4, 0.5) is 5.69 Å². The summed E-state index contributed by atoms with van der Waals surface area (Å²) in [5.74, 6) is -1.04. The minimum atomic E-state index is -0.909. The van der Waals surface area contributed by atoms with E-state index in [9.17, 15) is 19.2 Å². The predicted molar refractivity (Wildman–Crippen MR) is 169 cm³/mol. The van der Waals surface area contributed by atoms with Crippen LogP contribution in [-0.4, -0.2) is 72.8 Å². The highest BCUT2D eigenvalue weighted by molar-refractivity contribution is 6.30. The molecule has 1 aliphatic heterocycles. The maximum absolute atomic E-state index is 13.9. The van der Waals surface area contributed by atoms with Crippen LogP contribution in [0.15, 0.2) is 88.1 Å². The molecule has 1 atom stereocenters. The van der Waals surface area contributed by atoms with Gasteiger partial charge in [-0.2, -0.15) is 0 Å². The molecule has 1 saturated heterocycles. The normalized spacial score (nSPS) is 15.6. The third-order valence-corrected chi connectivity index (χ3v) is 8.55. The molecule has 4 aromatic rings. The topological polar surface area (TPSA) is 103 Å². The largest absolute Gasteiger partial charge is 0.451 e. The van der Waals surface area contributed by atoms with Crippen LogP contribution in [-0.2, 0) is 11.2 Å². The minimum Gasteiger partial charge on any atom is -0.451 e. The highest BCUT2D eigenvalue weighted by atomic mass is 35.5. The first-order valence-corrected chi connectivity index (χ1v) is 15.1. The molecule has 3 aromatic carbocycles. The molecule has 6 rings (SSSR count). The van der Waals surface area contributed by atoms with Gasteiger partial charge in [0.15, 0.2) is 11.2 Å². The lowest BCUT2D eigenvalue weighted by Gasteiger charge is -2.38. The van der Waals surface area contributed by atoms with Crippen molar-refractivity contribution in [1.29, 1.82) is 0 Å². The second kappa shape index (κ2) is 12.5. The fourth-order valence-electron chi connectivity index (χ4n) is 5.64. The number of anilines is 1. The first kappa shape index (κ1) is 29.4. The maximum Gasteiger partial charge on any atom is 0.287 e. The molecule has 3 amide bonds. The molecule has 1 aliphatic carbocycles. The first-order chi connectivity index (χ1) is 21.3. The smallest absolute Gasteiger partial charge is 0.287 e. The summed E-state index contributed by atoms with van der Waals surface area (Å²) in [5, 5.41) is 3.76.